The zero-order valence-corrected chi connectivity index (χ0v) is 18.3. The molecule has 0 aliphatic carbocycles. The van der Waals surface area contributed by atoms with Gasteiger partial charge in [-0.1, -0.05) is 55.4 Å². The van der Waals surface area contributed by atoms with E-state index in [1.807, 2.05) is 57.2 Å². The van der Waals surface area contributed by atoms with Crippen LogP contribution in [0, 0.1) is 19.8 Å². The van der Waals surface area contributed by atoms with Gasteiger partial charge in [-0.2, -0.15) is 0 Å². The summed E-state index contributed by atoms with van der Waals surface area (Å²) in [5, 5.41) is 3.67. The molecule has 6 heteroatoms. The first kappa shape index (κ1) is 21.1. The molecular formula is C23H27N3O2S. The van der Waals surface area contributed by atoms with Crippen LogP contribution in [0.5, 0.6) is 0 Å². The number of nitrogens with zero attached hydrogens (tertiary/aromatic N) is 2. The Labute approximate surface area is 175 Å². The second-order valence-corrected chi connectivity index (χ2v) is 9.05. The molecule has 1 amide bonds. The highest BCUT2D eigenvalue weighted by atomic mass is 32.2. The van der Waals surface area contributed by atoms with E-state index < -0.39 is 0 Å². The van der Waals surface area contributed by atoms with Crippen LogP contribution >= 0.6 is 11.8 Å². The van der Waals surface area contributed by atoms with Crippen molar-refractivity contribution < 1.29 is 4.79 Å². The van der Waals surface area contributed by atoms with E-state index in [-0.39, 0.29) is 16.7 Å². The Morgan fingerprint density at radius 2 is 1.86 bits per heavy atom. The zero-order chi connectivity index (χ0) is 21.1. The number of hydrogen-bond donors (Lipinski definition) is 1. The summed E-state index contributed by atoms with van der Waals surface area (Å²) < 4.78 is 1.63. The van der Waals surface area contributed by atoms with Crippen LogP contribution in [0.15, 0.2) is 52.4 Å². The number of rotatable bonds is 6. The van der Waals surface area contributed by atoms with Gasteiger partial charge < -0.3 is 5.32 Å². The summed E-state index contributed by atoms with van der Waals surface area (Å²) in [7, 11) is 0. The number of aryl methyl sites for hydroxylation is 2. The highest BCUT2D eigenvalue weighted by Crippen LogP contribution is 2.26. The van der Waals surface area contributed by atoms with Crippen molar-refractivity contribution in [3.8, 4) is 5.69 Å². The summed E-state index contributed by atoms with van der Waals surface area (Å²) in [5.41, 5.74) is 3.42. The van der Waals surface area contributed by atoms with Gasteiger partial charge >= 0.3 is 0 Å². The first-order valence-corrected chi connectivity index (χ1v) is 10.7. The van der Waals surface area contributed by atoms with Crippen LogP contribution in [0.3, 0.4) is 0 Å². The standard InChI is InChI=1S/C23H27N3O2S/c1-14(2)13-24-21(27)17(5)29-23-25-19-9-7-6-8-18(19)22(28)26(23)20-11-10-15(3)12-16(20)4/h6-12,14,17H,13H2,1-5H3,(H,24,27). The van der Waals surface area contributed by atoms with Crippen molar-refractivity contribution in [3.63, 3.8) is 0 Å². The molecule has 0 fully saturated rings. The number of benzene rings is 2. The normalized spacial score (nSPS) is 12.3. The number of aromatic nitrogens is 2. The van der Waals surface area contributed by atoms with Crippen LogP contribution in [0.25, 0.3) is 16.6 Å². The minimum atomic E-state index is -0.376. The molecule has 0 aliphatic rings. The quantitative estimate of drug-likeness (QED) is 0.488. The number of carbonyl (C=O) groups excluding carboxylic acids is 1. The molecule has 0 radical (unpaired) electrons. The molecule has 1 heterocycles. The van der Waals surface area contributed by atoms with Crippen LogP contribution in [-0.2, 0) is 4.79 Å². The monoisotopic (exact) mass is 409 g/mol. The molecule has 152 valence electrons. The average molecular weight is 410 g/mol. The third-order valence-electron chi connectivity index (χ3n) is 4.67. The van der Waals surface area contributed by atoms with Crippen molar-refractivity contribution in [3.05, 3.63) is 63.9 Å². The highest BCUT2D eigenvalue weighted by molar-refractivity contribution is 8.00. The van der Waals surface area contributed by atoms with Crippen molar-refractivity contribution >= 4 is 28.6 Å². The second kappa shape index (κ2) is 8.82. The molecule has 0 spiro atoms. The smallest absolute Gasteiger partial charge is 0.266 e. The second-order valence-electron chi connectivity index (χ2n) is 7.74. The predicted octanol–water partition coefficient (Wildman–Crippen LogP) is 4.26. The van der Waals surface area contributed by atoms with Crippen molar-refractivity contribution in [1.82, 2.24) is 14.9 Å². The SMILES string of the molecule is Cc1ccc(-n2c(SC(C)C(=O)NCC(C)C)nc3ccccc3c2=O)c(C)c1. The summed E-state index contributed by atoms with van der Waals surface area (Å²) in [5.74, 6) is 0.321. The Hall–Kier alpha value is -2.60. The van der Waals surface area contributed by atoms with Crippen molar-refractivity contribution in [2.75, 3.05) is 6.54 Å². The average Bonchev–Trinajstić information content (AvgIpc) is 2.67. The van der Waals surface area contributed by atoms with Crippen LogP contribution in [0.2, 0.25) is 0 Å². The third-order valence-corrected chi connectivity index (χ3v) is 5.73. The van der Waals surface area contributed by atoms with E-state index >= 15 is 0 Å². The summed E-state index contributed by atoms with van der Waals surface area (Å²) in [6.45, 7) is 10.6. The van der Waals surface area contributed by atoms with Gasteiger partial charge in [0.2, 0.25) is 5.91 Å². The third kappa shape index (κ3) is 4.70. The predicted molar refractivity (Wildman–Crippen MR) is 120 cm³/mol. The number of amides is 1. The van der Waals surface area contributed by atoms with Gasteiger partial charge in [-0.3, -0.25) is 14.2 Å². The van der Waals surface area contributed by atoms with Gasteiger partial charge in [-0.25, -0.2) is 4.98 Å². The topological polar surface area (TPSA) is 64.0 Å². The van der Waals surface area contributed by atoms with E-state index in [0.29, 0.717) is 28.5 Å². The molecule has 29 heavy (non-hydrogen) atoms. The Bertz CT molecular complexity index is 1100. The maximum Gasteiger partial charge on any atom is 0.266 e. The van der Waals surface area contributed by atoms with E-state index in [1.54, 1.807) is 10.6 Å². The fourth-order valence-electron chi connectivity index (χ4n) is 3.12. The van der Waals surface area contributed by atoms with Crippen LogP contribution in [-0.4, -0.2) is 27.3 Å². The van der Waals surface area contributed by atoms with Crippen molar-refractivity contribution in [1.29, 1.82) is 0 Å². The maximum atomic E-state index is 13.4. The number of hydrogen-bond acceptors (Lipinski definition) is 4. The van der Waals surface area contributed by atoms with E-state index in [0.717, 1.165) is 16.8 Å². The van der Waals surface area contributed by atoms with Gasteiger partial charge in [0.15, 0.2) is 5.16 Å². The molecule has 0 aliphatic heterocycles. The Kier molecular flexibility index (Phi) is 6.42. The molecule has 3 aromatic rings. The summed E-state index contributed by atoms with van der Waals surface area (Å²) >= 11 is 1.31. The van der Waals surface area contributed by atoms with Gasteiger partial charge in [0.25, 0.3) is 5.56 Å². The van der Waals surface area contributed by atoms with Crippen LogP contribution in [0.1, 0.15) is 31.9 Å². The van der Waals surface area contributed by atoms with Crippen LogP contribution in [0.4, 0.5) is 0 Å². The fourth-order valence-corrected chi connectivity index (χ4v) is 4.06. The molecule has 2 aromatic carbocycles. The number of carbonyl (C=O) groups is 1. The molecule has 0 bridgehead atoms. The number of thioether (sulfide) groups is 1. The first-order valence-electron chi connectivity index (χ1n) is 9.81. The van der Waals surface area contributed by atoms with Gasteiger partial charge in [-0.15, -0.1) is 0 Å². The highest BCUT2D eigenvalue weighted by Gasteiger charge is 2.21. The van der Waals surface area contributed by atoms with E-state index in [9.17, 15) is 9.59 Å². The molecule has 1 atom stereocenters. The zero-order valence-electron chi connectivity index (χ0n) is 17.5. The maximum absolute atomic E-state index is 13.4. The minimum Gasteiger partial charge on any atom is -0.355 e. The minimum absolute atomic E-state index is 0.0571. The molecule has 1 aromatic heterocycles. The summed E-state index contributed by atoms with van der Waals surface area (Å²) in [6.07, 6.45) is 0. The lowest BCUT2D eigenvalue weighted by molar-refractivity contribution is -0.120. The summed E-state index contributed by atoms with van der Waals surface area (Å²) in [6, 6.07) is 13.3. The fraction of sp³-hybridized carbons (Fsp3) is 0.348. The molecule has 0 saturated heterocycles. The molecule has 3 rings (SSSR count). The Balaban J connectivity index is 2.10. The molecular weight excluding hydrogens is 382 g/mol. The number of nitrogens with one attached hydrogen (secondary N) is 1. The van der Waals surface area contributed by atoms with Crippen molar-refractivity contribution in [2.45, 2.75) is 45.0 Å². The van der Waals surface area contributed by atoms with Gasteiger partial charge in [-0.05, 0) is 50.5 Å². The van der Waals surface area contributed by atoms with E-state index in [4.69, 9.17) is 4.98 Å². The van der Waals surface area contributed by atoms with Crippen LogP contribution < -0.4 is 10.9 Å². The lowest BCUT2D eigenvalue weighted by atomic mass is 10.1. The van der Waals surface area contributed by atoms with E-state index in [1.165, 1.54) is 11.8 Å². The molecule has 5 nitrogen and oxygen atoms in total. The number of para-hydroxylation sites is 1. The van der Waals surface area contributed by atoms with Gasteiger partial charge in [0, 0.05) is 6.54 Å². The molecule has 1 N–H and O–H groups in total. The Morgan fingerprint density at radius 1 is 1.14 bits per heavy atom. The van der Waals surface area contributed by atoms with Gasteiger partial charge in [0.1, 0.15) is 0 Å². The number of fused-ring (bicyclic) bond motifs is 1. The first-order chi connectivity index (χ1) is 13.8. The largest absolute Gasteiger partial charge is 0.355 e. The Morgan fingerprint density at radius 3 is 2.55 bits per heavy atom. The van der Waals surface area contributed by atoms with Gasteiger partial charge in [0.05, 0.1) is 21.8 Å². The molecule has 0 saturated carbocycles. The van der Waals surface area contributed by atoms with E-state index in [2.05, 4.69) is 19.2 Å². The van der Waals surface area contributed by atoms with Crippen molar-refractivity contribution in [2.24, 2.45) is 5.92 Å². The lowest BCUT2D eigenvalue weighted by Gasteiger charge is -2.18. The summed E-state index contributed by atoms with van der Waals surface area (Å²) in [4.78, 5) is 30.6. The lowest BCUT2D eigenvalue weighted by Crippen LogP contribution is -2.34. The molecule has 1 unspecified atom stereocenters.